The third-order valence-corrected chi connectivity index (χ3v) is 3.25. The molecule has 2 rings (SSSR count). The fourth-order valence-corrected chi connectivity index (χ4v) is 2.32. The maximum atomic E-state index is 13.1. The average Bonchev–Trinajstić information content (AvgIpc) is 2.39. The second kappa shape index (κ2) is 6.15. The zero-order chi connectivity index (χ0) is 14.7. The summed E-state index contributed by atoms with van der Waals surface area (Å²) >= 11 is 11.0. The summed E-state index contributed by atoms with van der Waals surface area (Å²) in [5.41, 5.74) is 7.40. The Morgan fingerprint density at radius 2 is 1.95 bits per heavy atom. The van der Waals surface area contributed by atoms with E-state index < -0.39 is 11.6 Å². The van der Waals surface area contributed by atoms with E-state index in [1.807, 2.05) is 0 Å². The maximum Gasteiger partial charge on any atom is 0.159 e. The highest BCUT2D eigenvalue weighted by Crippen LogP contribution is 2.24. The number of nitrogens with two attached hydrogens (primary N) is 1. The Balaban J connectivity index is 2.21. The van der Waals surface area contributed by atoms with Crippen molar-refractivity contribution in [2.45, 2.75) is 6.54 Å². The van der Waals surface area contributed by atoms with E-state index >= 15 is 0 Å². The van der Waals surface area contributed by atoms with Gasteiger partial charge in [0.05, 0.1) is 10.6 Å². The van der Waals surface area contributed by atoms with Crippen molar-refractivity contribution in [3.8, 4) is 0 Å². The predicted octanol–water partition coefficient (Wildman–Crippen LogP) is 3.86. The van der Waals surface area contributed by atoms with Crippen LogP contribution < -0.4 is 11.1 Å². The maximum absolute atomic E-state index is 13.1. The van der Waals surface area contributed by atoms with Gasteiger partial charge in [0, 0.05) is 12.2 Å². The van der Waals surface area contributed by atoms with E-state index in [2.05, 4.69) is 5.32 Å². The first-order valence-corrected chi connectivity index (χ1v) is 6.54. The van der Waals surface area contributed by atoms with Crippen LogP contribution >= 0.6 is 23.8 Å². The van der Waals surface area contributed by atoms with Gasteiger partial charge in [-0.25, -0.2) is 8.78 Å². The molecular weight excluding hydrogens is 302 g/mol. The Morgan fingerprint density at radius 3 is 2.60 bits per heavy atom. The standard InChI is InChI=1S/C14H11ClF2N2S/c15-9-2-1-3-12(13(9)14(18)20)19-7-8-4-5-10(16)11(17)6-8/h1-6,19H,7H2,(H2,18,20). The first-order valence-electron chi connectivity index (χ1n) is 5.75. The zero-order valence-corrected chi connectivity index (χ0v) is 11.9. The van der Waals surface area contributed by atoms with Gasteiger partial charge in [-0.1, -0.05) is 36.0 Å². The molecule has 0 radical (unpaired) electrons. The lowest BCUT2D eigenvalue weighted by atomic mass is 10.1. The molecule has 2 aromatic carbocycles. The van der Waals surface area contributed by atoms with E-state index in [1.54, 1.807) is 18.2 Å². The molecule has 104 valence electrons. The molecule has 0 aromatic heterocycles. The normalized spacial score (nSPS) is 10.3. The molecule has 0 heterocycles. The molecule has 0 aliphatic rings. The van der Waals surface area contributed by atoms with Crippen molar-refractivity contribution >= 4 is 34.5 Å². The number of hydrogen-bond acceptors (Lipinski definition) is 2. The Kier molecular flexibility index (Phi) is 4.52. The van der Waals surface area contributed by atoms with Crippen LogP contribution in [0.5, 0.6) is 0 Å². The first-order chi connectivity index (χ1) is 9.49. The van der Waals surface area contributed by atoms with Gasteiger partial charge in [-0.05, 0) is 29.8 Å². The number of anilines is 1. The minimum absolute atomic E-state index is 0.170. The lowest BCUT2D eigenvalue weighted by molar-refractivity contribution is 0.507. The highest BCUT2D eigenvalue weighted by Gasteiger charge is 2.10. The van der Waals surface area contributed by atoms with Crippen molar-refractivity contribution in [3.63, 3.8) is 0 Å². The van der Waals surface area contributed by atoms with Gasteiger partial charge in [-0.2, -0.15) is 0 Å². The summed E-state index contributed by atoms with van der Waals surface area (Å²) < 4.78 is 26.0. The van der Waals surface area contributed by atoms with Crippen LogP contribution in [0, 0.1) is 11.6 Å². The Bertz CT molecular complexity index is 662. The van der Waals surface area contributed by atoms with Crippen LogP contribution in [0.3, 0.4) is 0 Å². The molecule has 3 N–H and O–H groups in total. The fraction of sp³-hybridized carbons (Fsp3) is 0.0714. The van der Waals surface area contributed by atoms with Gasteiger partial charge in [-0.3, -0.25) is 0 Å². The first kappa shape index (κ1) is 14.7. The summed E-state index contributed by atoms with van der Waals surface area (Å²) in [6.45, 7) is 0.299. The van der Waals surface area contributed by atoms with Crippen molar-refractivity contribution in [3.05, 3.63) is 64.2 Å². The number of hydrogen-bond donors (Lipinski definition) is 2. The molecule has 0 aliphatic heterocycles. The molecule has 0 amide bonds. The fourth-order valence-electron chi connectivity index (χ4n) is 1.77. The predicted molar refractivity (Wildman–Crippen MR) is 81.0 cm³/mol. The van der Waals surface area contributed by atoms with E-state index in [-0.39, 0.29) is 4.99 Å². The molecular formula is C14H11ClF2N2S. The van der Waals surface area contributed by atoms with Gasteiger partial charge in [0.1, 0.15) is 4.99 Å². The Labute approximate surface area is 125 Å². The SMILES string of the molecule is NC(=S)c1c(Cl)cccc1NCc1ccc(F)c(F)c1. The van der Waals surface area contributed by atoms with E-state index in [0.29, 0.717) is 28.4 Å². The van der Waals surface area contributed by atoms with Gasteiger partial charge in [-0.15, -0.1) is 0 Å². The van der Waals surface area contributed by atoms with Crippen LogP contribution in [-0.2, 0) is 6.54 Å². The highest BCUT2D eigenvalue weighted by atomic mass is 35.5. The molecule has 0 spiro atoms. The largest absolute Gasteiger partial charge is 0.389 e. The molecule has 0 saturated heterocycles. The molecule has 6 heteroatoms. The van der Waals surface area contributed by atoms with Crippen LogP contribution in [0.4, 0.5) is 14.5 Å². The molecule has 0 aliphatic carbocycles. The van der Waals surface area contributed by atoms with Crippen LogP contribution in [-0.4, -0.2) is 4.99 Å². The van der Waals surface area contributed by atoms with Crippen LogP contribution in [0.15, 0.2) is 36.4 Å². The zero-order valence-electron chi connectivity index (χ0n) is 10.3. The summed E-state index contributed by atoms with van der Waals surface area (Å²) in [6, 6.07) is 8.90. The lowest BCUT2D eigenvalue weighted by Gasteiger charge is -2.12. The van der Waals surface area contributed by atoms with Crippen molar-refractivity contribution in [2.24, 2.45) is 5.73 Å². The third kappa shape index (κ3) is 3.23. The average molecular weight is 313 g/mol. The van der Waals surface area contributed by atoms with Gasteiger partial charge < -0.3 is 11.1 Å². The van der Waals surface area contributed by atoms with Crippen LogP contribution in [0.25, 0.3) is 0 Å². The van der Waals surface area contributed by atoms with E-state index in [0.717, 1.165) is 12.1 Å². The molecule has 2 aromatic rings. The Hall–Kier alpha value is -1.72. The molecule has 0 unspecified atom stereocenters. The molecule has 0 fully saturated rings. The second-order valence-corrected chi connectivity index (χ2v) is 4.98. The lowest BCUT2D eigenvalue weighted by Crippen LogP contribution is -2.14. The van der Waals surface area contributed by atoms with Crippen molar-refractivity contribution in [1.29, 1.82) is 0 Å². The van der Waals surface area contributed by atoms with Crippen LogP contribution in [0.2, 0.25) is 5.02 Å². The minimum Gasteiger partial charge on any atom is -0.389 e. The quantitative estimate of drug-likeness (QED) is 0.842. The molecule has 20 heavy (non-hydrogen) atoms. The summed E-state index contributed by atoms with van der Waals surface area (Å²) in [4.78, 5) is 0.170. The topological polar surface area (TPSA) is 38.0 Å². The Morgan fingerprint density at radius 1 is 1.20 bits per heavy atom. The minimum atomic E-state index is -0.884. The van der Waals surface area contributed by atoms with Crippen molar-refractivity contribution in [1.82, 2.24) is 0 Å². The molecule has 0 saturated carbocycles. The van der Waals surface area contributed by atoms with Crippen molar-refractivity contribution < 1.29 is 8.78 Å². The summed E-state index contributed by atoms with van der Waals surface area (Å²) in [7, 11) is 0. The van der Waals surface area contributed by atoms with E-state index in [4.69, 9.17) is 29.6 Å². The second-order valence-electron chi connectivity index (χ2n) is 4.13. The summed E-state index contributed by atoms with van der Waals surface area (Å²) in [5, 5.41) is 3.50. The number of thiocarbonyl (C=S) groups is 1. The van der Waals surface area contributed by atoms with Gasteiger partial charge >= 0.3 is 0 Å². The summed E-state index contributed by atoms with van der Waals surface area (Å²) in [5.74, 6) is -1.76. The van der Waals surface area contributed by atoms with E-state index in [1.165, 1.54) is 6.07 Å². The van der Waals surface area contributed by atoms with Gasteiger partial charge in [0.15, 0.2) is 11.6 Å². The molecule has 0 bridgehead atoms. The highest BCUT2D eigenvalue weighted by molar-refractivity contribution is 7.80. The monoisotopic (exact) mass is 312 g/mol. The molecule has 2 nitrogen and oxygen atoms in total. The third-order valence-electron chi connectivity index (χ3n) is 2.73. The van der Waals surface area contributed by atoms with E-state index in [9.17, 15) is 8.78 Å². The summed E-state index contributed by atoms with van der Waals surface area (Å²) in [6.07, 6.45) is 0. The number of rotatable bonds is 4. The van der Waals surface area contributed by atoms with Gasteiger partial charge in [0.2, 0.25) is 0 Å². The number of benzene rings is 2. The molecule has 0 atom stereocenters. The van der Waals surface area contributed by atoms with Gasteiger partial charge in [0.25, 0.3) is 0 Å². The van der Waals surface area contributed by atoms with Crippen molar-refractivity contribution in [2.75, 3.05) is 5.32 Å². The smallest absolute Gasteiger partial charge is 0.159 e. The number of nitrogens with one attached hydrogen (secondary N) is 1. The number of halogens is 3. The van der Waals surface area contributed by atoms with Crippen LogP contribution in [0.1, 0.15) is 11.1 Å².